The molecule has 1 N–H and O–H groups in total. The van der Waals surface area contributed by atoms with Gasteiger partial charge < -0.3 is 4.57 Å². The van der Waals surface area contributed by atoms with E-state index in [1.165, 1.54) is 24.4 Å². The summed E-state index contributed by atoms with van der Waals surface area (Å²) >= 11 is 5.95. The average Bonchev–Trinajstić information content (AvgIpc) is 3.09. The third kappa shape index (κ3) is 3.62. The molecule has 0 atom stereocenters. The lowest BCUT2D eigenvalue weighted by Gasteiger charge is -2.07. The van der Waals surface area contributed by atoms with Crippen LogP contribution in [0.3, 0.4) is 0 Å². The van der Waals surface area contributed by atoms with E-state index in [0.29, 0.717) is 5.82 Å². The summed E-state index contributed by atoms with van der Waals surface area (Å²) in [5.74, 6) is -0.269. The zero-order valence-electron chi connectivity index (χ0n) is 15.3. The fourth-order valence-electron chi connectivity index (χ4n) is 3.14. The van der Waals surface area contributed by atoms with Crippen molar-refractivity contribution in [2.75, 3.05) is 0 Å². The Kier molecular flexibility index (Phi) is 4.86. The number of aryl methyl sites for hydroxylation is 1. The Bertz CT molecular complexity index is 1340. The average molecular weight is 426 g/mol. The molecule has 0 unspecified atom stereocenters. The van der Waals surface area contributed by atoms with Gasteiger partial charge in [0.2, 0.25) is 0 Å². The summed E-state index contributed by atoms with van der Waals surface area (Å²) < 4.78 is 28.8. The second kappa shape index (κ2) is 7.35. The number of benzene rings is 3. The Morgan fingerprint density at radius 1 is 1.00 bits per heavy atom. The molecule has 0 fully saturated rings. The Balaban J connectivity index is 1.69. The third-order valence-electron chi connectivity index (χ3n) is 4.49. The highest BCUT2D eigenvalue weighted by Crippen LogP contribution is 2.28. The molecule has 0 saturated carbocycles. The van der Waals surface area contributed by atoms with E-state index >= 15 is 0 Å². The number of aromatic nitrogens is 2. The maximum absolute atomic E-state index is 12.6. The van der Waals surface area contributed by atoms with Gasteiger partial charge in [0.05, 0.1) is 5.02 Å². The molecule has 0 spiro atoms. The van der Waals surface area contributed by atoms with Crippen molar-refractivity contribution in [3.63, 3.8) is 0 Å². The summed E-state index contributed by atoms with van der Waals surface area (Å²) in [6.07, 6.45) is 1.49. The SMILES string of the molecule is Cn1cc(C(=O)NS(=O)(=O)c2ccccc2Cl)nc1-c1cccc2ccccc12. The number of rotatable bonds is 4. The van der Waals surface area contributed by atoms with Gasteiger partial charge >= 0.3 is 0 Å². The maximum Gasteiger partial charge on any atom is 0.285 e. The molecule has 146 valence electrons. The summed E-state index contributed by atoms with van der Waals surface area (Å²) in [6, 6.07) is 19.6. The number of fused-ring (bicyclic) bond motifs is 1. The van der Waals surface area contributed by atoms with Gasteiger partial charge in [0.15, 0.2) is 0 Å². The third-order valence-corrected chi connectivity index (χ3v) is 6.32. The van der Waals surface area contributed by atoms with E-state index in [0.717, 1.165) is 16.3 Å². The molecule has 4 rings (SSSR count). The van der Waals surface area contributed by atoms with Crippen LogP contribution in [0, 0.1) is 0 Å². The summed E-state index contributed by atoms with van der Waals surface area (Å²) in [6.45, 7) is 0. The molecule has 1 aromatic heterocycles. The highest BCUT2D eigenvalue weighted by atomic mass is 35.5. The predicted octanol–water partition coefficient (Wildman–Crippen LogP) is 4.01. The molecule has 1 amide bonds. The molecule has 0 saturated heterocycles. The first-order valence-electron chi connectivity index (χ1n) is 8.70. The van der Waals surface area contributed by atoms with Gasteiger partial charge in [0.1, 0.15) is 16.4 Å². The first-order chi connectivity index (χ1) is 13.9. The van der Waals surface area contributed by atoms with Gasteiger partial charge in [-0.15, -0.1) is 0 Å². The van der Waals surface area contributed by atoms with Crippen LogP contribution in [0.4, 0.5) is 0 Å². The van der Waals surface area contributed by atoms with Crippen LogP contribution < -0.4 is 4.72 Å². The van der Waals surface area contributed by atoms with Crippen LogP contribution in [0.1, 0.15) is 10.5 Å². The highest BCUT2D eigenvalue weighted by molar-refractivity contribution is 7.90. The molecule has 6 nitrogen and oxygen atoms in total. The van der Waals surface area contributed by atoms with Crippen LogP contribution in [0.5, 0.6) is 0 Å². The second-order valence-corrected chi connectivity index (χ2v) is 8.51. The fraction of sp³-hybridized carbons (Fsp3) is 0.0476. The van der Waals surface area contributed by atoms with Crippen LogP contribution in [-0.4, -0.2) is 23.9 Å². The molecule has 4 aromatic rings. The van der Waals surface area contributed by atoms with Crippen molar-refractivity contribution < 1.29 is 13.2 Å². The summed E-state index contributed by atoms with van der Waals surface area (Å²) in [4.78, 5) is 16.8. The molecule has 0 aliphatic carbocycles. The van der Waals surface area contributed by atoms with Gasteiger partial charge in [0.25, 0.3) is 15.9 Å². The Morgan fingerprint density at radius 3 is 2.48 bits per heavy atom. The van der Waals surface area contributed by atoms with Crippen LogP contribution in [-0.2, 0) is 17.1 Å². The van der Waals surface area contributed by atoms with Crippen molar-refractivity contribution in [1.29, 1.82) is 0 Å². The minimum atomic E-state index is -4.12. The molecule has 8 heteroatoms. The smallest absolute Gasteiger partial charge is 0.285 e. The van der Waals surface area contributed by atoms with Crippen molar-refractivity contribution in [3.8, 4) is 11.4 Å². The standard InChI is InChI=1S/C21H16ClN3O3S/c1-25-13-18(21(26)24-29(27,28)19-12-5-4-11-17(19)22)23-20(25)16-10-6-8-14-7-2-3-9-15(14)16/h2-13H,1H3,(H,24,26). The number of amides is 1. The zero-order chi connectivity index (χ0) is 20.6. The van der Waals surface area contributed by atoms with Crippen molar-refractivity contribution in [3.05, 3.63) is 83.6 Å². The number of halogens is 1. The molecular formula is C21H16ClN3O3S. The monoisotopic (exact) mass is 425 g/mol. The van der Waals surface area contributed by atoms with Crippen molar-refractivity contribution in [2.24, 2.45) is 7.05 Å². The van der Waals surface area contributed by atoms with Crippen LogP contribution in [0.25, 0.3) is 22.2 Å². The molecule has 1 heterocycles. The largest absolute Gasteiger partial charge is 0.333 e. The lowest BCUT2D eigenvalue weighted by atomic mass is 10.0. The van der Waals surface area contributed by atoms with E-state index in [9.17, 15) is 13.2 Å². The predicted molar refractivity (Wildman–Crippen MR) is 112 cm³/mol. The van der Waals surface area contributed by atoms with Crippen molar-refractivity contribution >= 4 is 38.3 Å². The quantitative estimate of drug-likeness (QED) is 0.535. The molecule has 0 aliphatic rings. The Morgan fingerprint density at radius 2 is 1.69 bits per heavy atom. The number of hydrogen-bond acceptors (Lipinski definition) is 4. The van der Waals surface area contributed by atoms with E-state index in [4.69, 9.17) is 11.6 Å². The number of carbonyl (C=O) groups excluding carboxylic acids is 1. The van der Waals surface area contributed by atoms with E-state index < -0.39 is 15.9 Å². The molecule has 0 aliphatic heterocycles. The number of carbonyl (C=O) groups is 1. The van der Waals surface area contributed by atoms with E-state index in [-0.39, 0.29) is 15.6 Å². The topological polar surface area (TPSA) is 81.1 Å². The van der Waals surface area contributed by atoms with Crippen LogP contribution in [0.15, 0.2) is 77.8 Å². The van der Waals surface area contributed by atoms with E-state index in [2.05, 4.69) is 4.98 Å². The number of hydrogen-bond donors (Lipinski definition) is 1. The number of nitrogens with one attached hydrogen (secondary N) is 1. The molecule has 0 radical (unpaired) electrons. The molecule has 0 bridgehead atoms. The Hall–Kier alpha value is -3.16. The number of imidazole rings is 1. The van der Waals surface area contributed by atoms with E-state index in [1.54, 1.807) is 17.7 Å². The lowest BCUT2D eigenvalue weighted by Crippen LogP contribution is -2.31. The number of sulfonamides is 1. The van der Waals surface area contributed by atoms with Gasteiger partial charge in [-0.25, -0.2) is 18.1 Å². The lowest BCUT2D eigenvalue weighted by molar-refractivity contribution is 0.0977. The highest BCUT2D eigenvalue weighted by Gasteiger charge is 2.23. The molecule has 29 heavy (non-hydrogen) atoms. The number of nitrogens with zero attached hydrogens (tertiary/aromatic N) is 2. The second-order valence-electron chi connectivity index (χ2n) is 6.45. The van der Waals surface area contributed by atoms with Crippen LogP contribution >= 0.6 is 11.6 Å². The zero-order valence-corrected chi connectivity index (χ0v) is 16.9. The van der Waals surface area contributed by atoms with Crippen molar-refractivity contribution in [1.82, 2.24) is 14.3 Å². The van der Waals surface area contributed by atoms with E-state index in [1.807, 2.05) is 47.2 Å². The van der Waals surface area contributed by atoms with Gasteiger partial charge in [-0.1, -0.05) is 66.2 Å². The first kappa shape index (κ1) is 19.2. The van der Waals surface area contributed by atoms with Gasteiger partial charge in [-0.2, -0.15) is 0 Å². The van der Waals surface area contributed by atoms with Gasteiger partial charge in [-0.05, 0) is 22.9 Å². The minimum Gasteiger partial charge on any atom is -0.333 e. The molecule has 3 aromatic carbocycles. The fourth-order valence-corrected chi connectivity index (χ4v) is 4.62. The molecular weight excluding hydrogens is 410 g/mol. The van der Waals surface area contributed by atoms with Gasteiger partial charge in [-0.3, -0.25) is 4.79 Å². The maximum atomic E-state index is 12.6. The van der Waals surface area contributed by atoms with Crippen LogP contribution in [0.2, 0.25) is 5.02 Å². The summed E-state index contributed by atoms with van der Waals surface area (Å²) in [5, 5.41) is 2.06. The normalized spacial score (nSPS) is 11.5. The van der Waals surface area contributed by atoms with Crippen molar-refractivity contribution in [2.45, 2.75) is 4.90 Å². The summed E-state index contributed by atoms with van der Waals surface area (Å²) in [7, 11) is -2.37. The first-order valence-corrected chi connectivity index (χ1v) is 10.6. The minimum absolute atomic E-state index is 0.00828. The summed E-state index contributed by atoms with van der Waals surface area (Å²) in [5.41, 5.74) is 0.838. The van der Waals surface area contributed by atoms with Gasteiger partial charge in [0, 0.05) is 18.8 Å². The Labute approximate surface area is 172 Å².